The molecule has 0 aliphatic rings. The van der Waals surface area contributed by atoms with E-state index in [1.807, 2.05) is 25.1 Å². The number of hydrogen-bond donors (Lipinski definition) is 0. The van der Waals surface area contributed by atoms with Gasteiger partial charge in [0.1, 0.15) is 0 Å². The average Bonchev–Trinajstić information content (AvgIpc) is 2.38. The number of thioether (sulfide) groups is 1. The zero-order chi connectivity index (χ0) is 12.7. The number of rotatable bonds is 6. The molecule has 0 N–H and O–H groups in total. The van der Waals surface area contributed by atoms with Crippen LogP contribution < -0.4 is 0 Å². The summed E-state index contributed by atoms with van der Waals surface area (Å²) in [4.78, 5) is 22.9. The van der Waals surface area contributed by atoms with Crippen molar-refractivity contribution in [1.29, 1.82) is 0 Å². The summed E-state index contributed by atoms with van der Waals surface area (Å²) in [5.41, 5.74) is 0.713. The maximum absolute atomic E-state index is 12.0. The van der Waals surface area contributed by atoms with Crippen molar-refractivity contribution in [2.75, 3.05) is 12.9 Å². The van der Waals surface area contributed by atoms with Crippen LogP contribution in [0.4, 0.5) is 0 Å². The highest BCUT2D eigenvalue weighted by atomic mass is 32.2. The number of carbonyl (C=O) groups is 2. The van der Waals surface area contributed by atoms with Gasteiger partial charge >= 0.3 is 5.97 Å². The Hall–Kier alpha value is -1.29. The largest absolute Gasteiger partial charge is 0.469 e. The lowest BCUT2D eigenvalue weighted by molar-refractivity contribution is -0.140. The molecule has 0 radical (unpaired) electrons. The Labute approximate surface area is 106 Å². The van der Waals surface area contributed by atoms with Crippen LogP contribution in [0.5, 0.6) is 0 Å². The van der Waals surface area contributed by atoms with E-state index < -0.39 is 0 Å². The zero-order valence-corrected chi connectivity index (χ0v) is 10.8. The highest BCUT2D eigenvalue weighted by Gasteiger charge is 2.15. The summed E-state index contributed by atoms with van der Waals surface area (Å²) in [7, 11) is 1.37. The maximum atomic E-state index is 12.0. The fourth-order valence-corrected chi connectivity index (χ4v) is 2.26. The molecule has 0 saturated heterocycles. The van der Waals surface area contributed by atoms with Crippen LogP contribution in [0.25, 0.3) is 0 Å². The van der Waals surface area contributed by atoms with Crippen molar-refractivity contribution in [2.24, 2.45) is 0 Å². The van der Waals surface area contributed by atoms with E-state index in [1.54, 1.807) is 12.1 Å². The minimum Gasteiger partial charge on any atom is -0.469 e. The first-order valence-electron chi connectivity index (χ1n) is 5.43. The van der Waals surface area contributed by atoms with Crippen molar-refractivity contribution in [2.45, 2.75) is 18.6 Å². The predicted molar refractivity (Wildman–Crippen MR) is 69.3 cm³/mol. The molecule has 1 rings (SSSR count). The van der Waals surface area contributed by atoms with Gasteiger partial charge in [-0.2, -0.15) is 0 Å². The SMILES string of the molecule is COC(=O)CCSC(C)C(=O)c1ccccc1. The molecule has 4 heteroatoms. The molecule has 0 fully saturated rings. The second-order valence-corrected chi connectivity index (χ2v) is 5.02. The molecule has 0 saturated carbocycles. The van der Waals surface area contributed by atoms with E-state index in [1.165, 1.54) is 18.9 Å². The molecule has 1 aromatic carbocycles. The lowest BCUT2D eigenvalue weighted by Crippen LogP contribution is -2.14. The highest BCUT2D eigenvalue weighted by molar-refractivity contribution is 8.00. The standard InChI is InChI=1S/C13H16O3S/c1-10(17-9-8-12(14)16-2)13(15)11-6-4-3-5-7-11/h3-7,10H,8-9H2,1-2H3. The molecule has 17 heavy (non-hydrogen) atoms. The molecule has 0 aromatic heterocycles. The molecular formula is C13H16O3S. The van der Waals surface area contributed by atoms with Crippen molar-refractivity contribution in [1.82, 2.24) is 0 Å². The number of carbonyl (C=O) groups excluding carboxylic acids is 2. The summed E-state index contributed by atoms with van der Waals surface area (Å²) < 4.78 is 4.54. The van der Waals surface area contributed by atoms with Gasteiger partial charge in [0.2, 0.25) is 0 Å². The molecule has 1 aromatic rings. The summed E-state index contributed by atoms with van der Waals surface area (Å²) in [5, 5.41) is -0.137. The van der Waals surface area contributed by atoms with E-state index in [4.69, 9.17) is 0 Å². The minimum atomic E-state index is -0.239. The van der Waals surface area contributed by atoms with E-state index in [0.717, 1.165) is 0 Å². The molecule has 1 atom stereocenters. The van der Waals surface area contributed by atoms with Crippen LogP contribution in [-0.4, -0.2) is 29.9 Å². The maximum Gasteiger partial charge on any atom is 0.306 e. The van der Waals surface area contributed by atoms with Crippen LogP contribution in [0, 0.1) is 0 Å². The van der Waals surface area contributed by atoms with Crippen LogP contribution in [-0.2, 0) is 9.53 Å². The summed E-state index contributed by atoms with van der Waals surface area (Å²) in [6, 6.07) is 9.18. The van der Waals surface area contributed by atoms with Gasteiger partial charge in [-0.15, -0.1) is 11.8 Å². The Morgan fingerprint density at radius 2 is 1.94 bits per heavy atom. The normalized spacial score (nSPS) is 11.9. The van der Waals surface area contributed by atoms with Gasteiger partial charge < -0.3 is 4.74 Å². The van der Waals surface area contributed by atoms with Gasteiger partial charge in [-0.05, 0) is 6.92 Å². The van der Waals surface area contributed by atoms with Crippen molar-refractivity contribution < 1.29 is 14.3 Å². The number of hydrogen-bond acceptors (Lipinski definition) is 4. The lowest BCUT2D eigenvalue weighted by Gasteiger charge is -2.09. The van der Waals surface area contributed by atoms with Gasteiger partial charge in [-0.3, -0.25) is 9.59 Å². The first-order valence-corrected chi connectivity index (χ1v) is 6.47. The van der Waals surface area contributed by atoms with E-state index in [2.05, 4.69) is 4.74 Å². The topological polar surface area (TPSA) is 43.4 Å². The molecule has 92 valence electrons. The van der Waals surface area contributed by atoms with E-state index in [-0.39, 0.29) is 17.0 Å². The molecule has 0 aliphatic carbocycles. The Kier molecular flexibility index (Phi) is 5.77. The minimum absolute atomic E-state index is 0.0977. The number of ketones is 1. The Bertz CT molecular complexity index is 376. The van der Waals surface area contributed by atoms with Crippen LogP contribution >= 0.6 is 11.8 Å². The second kappa shape index (κ2) is 7.12. The van der Waals surface area contributed by atoms with Gasteiger partial charge in [-0.25, -0.2) is 0 Å². The predicted octanol–water partition coefficient (Wildman–Crippen LogP) is 2.55. The molecule has 1 unspecified atom stereocenters. The zero-order valence-electron chi connectivity index (χ0n) is 10.0. The molecular weight excluding hydrogens is 236 g/mol. The second-order valence-electron chi connectivity index (χ2n) is 3.57. The molecule has 3 nitrogen and oxygen atoms in total. The Morgan fingerprint density at radius 1 is 1.29 bits per heavy atom. The average molecular weight is 252 g/mol. The number of Topliss-reactive ketones (excluding diaryl/α,β-unsaturated/α-hetero) is 1. The van der Waals surface area contributed by atoms with Crippen LogP contribution in [0.3, 0.4) is 0 Å². The van der Waals surface area contributed by atoms with Crippen molar-refractivity contribution in [3.63, 3.8) is 0 Å². The first-order chi connectivity index (χ1) is 8.15. The third kappa shape index (κ3) is 4.61. The van der Waals surface area contributed by atoms with Crippen LogP contribution in [0.1, 0.15) is 23.7 Å². The third-order valence-electron chi connectivity index (χ3n) is 2.33. The van der Waals surface area contributed by atoms with Gasteiger partial charge in [0.25, 0.3) is 0 Å². The first kappa shape index (κ1) is 13.8. The van der Waals surface area contributed by atoms with Gasteiger partial charge in [0.05, 0.1) is 18.8 Å². The van der Waals surface area contributed by atoms with Crippen LogP contribution in [0.2, 0.25) is 0 Å². The Morgan fingerprint density at radius 3 is 2.53 bits per heavy atom. The van der Waals surface area contributed by atoms with E-state index in [9.17, 15) is 9.59 Å². The molecule has 0 bridgehead atoms. The lowest BCUT2D eigenvalue weighted by atomic mass is 10.1. The number of benzene rings is 1. The van der Waals surface area contributed by atoms with Crippen molar-refractivity contribution >= 4 is 23.5 Å². The van der Waals surface area contributed by atoms with Crippen molar-refractivity contribution in [3.8, 4) is 0 Å². The third-order valence-corrected chi connectivity index (χ3v) is 3.48. The van der Waals surface area contributed by atoms with Crippen molar-refractivity contribution in [3.05, 3.63) is 35.9 Å². The number of methoxy groups -OCH3 is 1. The smallest absolute Gasteiger partial charge is 0.306 e. The summed E-state index contributed by atoms with van der Waals surface area (Å²) >= 11 is 1.47. The van der Waals surface area contributed by atoms with Crippen LogP contribution in [0.15, 0.2) is 30.3 Å². The Balaban J connectivity index is 2.40. The molecule has 0 spiro atoms. The van der Waals surface area contributed by atoms with Gasteiger partial charge in [-0.1, -0.05) is 30.3 Å². The number of ether oxygens (including phenoxy) is 1. The van der Waals surface area contributed by atoms with E-state index >= 15 is 0 Å². The highest BCUT2D eigenvalue weighted by Crippen LogP contribution is 2.17. The number of esters is 1. The van der Waals surface area contributed by atoms with E-state index in [0.29, 0.717) is 17.7 Å². The summed E-state index contributed by atoms with van der Waals surface area (Å²) in [5.74, 6) is 0.462. The fourth-order valence-electron chi connectivity index (χ4n) is 1.33. The molecule has 0 heterocycles. The summed E-state index contributed by atoms with van der Waals surface area (Å²) in [6.45, 7) is 1.86. The van der Waals surface area contributed by atoms with Gasteiger partial charge in [0.15, 0.2) is 5.78 Å². The molecule has 0 amide bonds. The monoisotopic (exact) mass is 252 g/mol. The summed E-state index contributed by atoms with van der Waals surface area (Å²) in [6.07, 6.45) is 0.341. The fraction of sp³-hybridized carbons (Fsp3) is 0.385. The quantitative estimate of drug-likeness (QED) is 0.576. The molecule has 0 aliphatic heterocycles. The van der Waals surface area contributed by atoms with Gasteiger partial charge in [0, 0.05) is 11.3 Å².